The Bertz CT molecular complexity index is 1020. The van der Waals surface area contributed by atoms with Gasteiger partial charge in [0.25, 0.3) is 0 Å². The van der Waals surface area contributed by atoms with Crippen LogP contribution in [0.1, 0.15) is 22.2 Å². The molecule has 28 heavy (non-hydrogen) atoms. The first kappa shape index (κ1) is 20.2. The summed E-state index contributed by atoms with van der Waals surface area (Å²) in [7, 11) is 0. The SMILES string of the molecule is CC(C(N)=O)N(c1ccc(F)cc1)c1nc(N)c(C(=O)c2ccc(I)cc2)s1. The Morgan fingerprint density at radius 1 is 1.14 bits per heavy atom. The van der Waals surface area contributed by atoms with Crippen molar-refractivity contribution in [2.45, 2.75) is 13.0 Å². The lowest BCUT2D eigenvalue weighted by molar-refractivity contribution is -0.118. The van der Waals surface area contributed by atoms with Gasteiger partial charge in [0.15, 0.2) is 5.13 Å². The minimum absolute atomic E-state index is 0.0623. The highest BCUT2D eigenvalue weighted by molar-refractivity contribution is 14.1. The van der Waals surface area contributed by atoms with Gasteiger partial charge in [-0.3, -0.25) is 9.59 Å². The van der Waals surface area contributed by atoms with Crippen molar-refractivity contribution in [1.29, 1.82) is 0 Å². The first-order chi connectivity index (χ1) is 13.3. The van der Waals surface area contributed by atoms with E-state index >= 15 is 0 Å². The molecule has 6 nitrogen and oxygen atoms in total. The molecule has 0 aliphatic rings. The molecule has 2 aromatic carbocycles. The lowest BCUT2D eigenvalue weighted by atomic mass is 10.1. The van der Waals surface area contributed by atoms with Crippen LogP contribution in [-0.2, 0) is 4.79 Å². The third-order valence-electron chi connectivity index (χ3n) is 4.06. The van der Waals surface area contributed by atoms with Gasteiger partial charge in [-0.2, -0.15) is 0 Å². The highest BCUT2D eigenvalue weighted by Gasteiger charge is 2.27. The van der Waals surface area contributed by atoms with Gasteiger partial charge in [0.05, 0.1) is 0 Å². The van der Waals surface area contributed by atoms with Gasteiger partial charge >= 0.3 is 0 Å². The third-order valence-corrected chi connectivity index (χ3v) is 5.85. The fourth-order valence-corrected chi connectivity index (χ4v) is 3.96. The number of hydrogen-bond acceptors (Lipinski definition) is 6. The van der Waals surface area contributed by atoms with Gasteiger partial charge in [-0.05, 0) is 78.0 Å². The summed E-state index contributed by atoms with van der Waals surface area (Å²) in [6, 6.07) is 11.9. The number of nitrogen functional groups attached to an aromatic ring is 1. The lowest BCUT2D eigenvalue weighted by Gasteiger charge is -2.26. The normalized spacial score (nSPS) is 11.8. The zero-order chi connectivity index (χ0) is 20.4. The van der Waals surface area contributed by atoms with Crippen LogP contribution >= 0.6 is 33.9 Å². The second kappa shape index (κ2) is 8.23. The largest absolute Gasteiger partial charge is 0.382 e. The molecule has 0 bridgehead atoms. The van der Waals surface area contributed by atoms with Gasteiger partial charge in [-0.25, -0.2) is 9.37 Å². The third kappa shape index (κ3) is 4.14. The molecule has 1 unspecified atom stereocenters. The molecule has 9 heteroatoms. The number of anilines is 3. The highest BCUT2D eigenvalue weighted by atomic mass is 127. The predicted octanol–water partition coefficient (Wildman–Crippen LogP) is 3.71. The van der Waals surface area contributed by atoms with E-state index in [-0.39, 0.29) is 16.5 Å². The molecule has 0 aliphatic carbocycles. The quantitative estimate of drug-likeness (QED) is 0.389. The van der Waals surface area contributed by atoms with Crippen LogP contribution in [0.25, 0.3) is 0 Å². The van der Waals surface area contributed by atoms with Crippen molar-refractivity contribution in [3.63, 3.8) is 0 Å². The summed E-state index contributed by atoms with van der Waals surface area (Å²) in [6.45, 7) is 1.60. The maximum atomic E-state index is 13.3. The summed E-state index contributed by atoms with van der Waals surface area (Å²) in [5.41, 5.74) is 12.5. The number of rotatable bonds is 6. The number of hydrogen-bond donors (Lipinski definition) is 2. The zero-order valence-electron chi connectivity index (χ0n) is 14.7. The van der Waals surface area contributed by atoms with Crippen LogP contribution in [0.15, 0.2) is 48.5 Å². The number of carbonyl (C=O) groups is 2. The molecule has 0 spiro atoms. The molecule has 0 aliphatic heterocycles. The maximum absolute atomic E-state index is 13.3. The van der Waals surface area contributed by atoms with E-state index in [1.165, 1.54) is 29.2 Å². The summed E-state index contributed by atoms with van der Waals surface area (Å²) in [6.07, 6.45) is 0. The predicted molar refractivity (Wildman–Crippen MR) is 116 cm³/mol. The van der Waals surface area contributed by atoms with Crippen LogP contribution in [0.4, 0.5) is 21.0 Å². The number of thiazole rings is 1. The minimum atomic E-state index is -0.780. The van der Waals surface area contributed by atoms with Gasteiger partial charge < -0.3 is 16.4 Å². The molecule has 1 atom stereocenters. The first-order valence-electron chi connectivity index (χ1n) is 8.18. The summed E-state index contributed by atoms with van der Waals surface area (Å²) in [5, 5.41) is 0.323. The van der Waals surface area contributed by atoms with Crippen molar-refractivity contribution in [2.75, 3.05) is 10.6 Å². The second-order valence-electron chi connectivity index (χ2n) is 5.97. The van der Waals surface area contributed by atoms with Gasteiger partial charge in [0.2, 0.25) is 11.7 Å². The van der Waals surface area contributed by atoms with Crippen LogP contribution < -0.4 is 16.4 Å². The lowest BCUT2D eigenvalue weighted by Crippen LogP contribution is -2.39. The standard InChI is InChI=1S/C19H16FIN4O2S/c1-10(18(23)27)25(14-8-4-12(20)5-9-14)19-24-17(22)16(28-19)15(26)11-2-6-13(21)7-3-11/h2-10H,22H2,1H3,(H2,23,27). The number of nitrogens with two attached hydrogens (primary N) is 2. The van der Waals surface area contributed by atoms with Crippen LogP contribution in [-0.4, -0.2) is 22.7 Å². The van der Waals surface area contributed by atoms with Gasteiger partial charge in [-0.1, -0.05) is 11.3 Å². The Balaban J connectivity index is 2.03. The molecule has 0 fully saturated rings. The Hall–Kier alpha value is -2.53. The van der Waals surface area contributed by atoms with Crippen molar-refractivity contribution in [1.82, 2.24) is 4.98 Å². The van der Waals surface area contributed by atoms with Crippen molar-refractivity contribution in [3.05, 3.63) is 68.4 Å². The number of aromatic nitrogens is 1. The molecule has 1 heterocycles. The molecule has 144 valence electrons. The Morgan fingerprint density at radius 2 is 1.75 bits per heavy atom. The highest BCUT2D eigenvalue weighted by Crippen LogP contribution is 2.36. The topological polar surface area (TPSA) is 102 Å². The van der Waals surface area contributed by atoms with Crippen LogP contribution in [0, 0.1) is 9.39 Å². The smallest absolute Gasteiger partial charge is 0.240 e. The van der Waals surface area contributed by atoms with E-state index in [9.17, 15) is 14.0 Å². The average Bonchev–Trinajstić information content (AvgIpc) is 3.04. The van der Waals surface area contributed by atoms with E-state index in [4.69, 9.17) is 11.5 Å². The fourth-order valence-electron chi connectivity index (χ4n) is 2.55. The average molecular weight is 510 g/mol. The van der Waals surface area contributed by atoms with Gasteiger partial charge in [-0.15, -0.1) is 0 Å². The fraction of sp³-hybridized carbons (Fsp3) is 0.105. The van der Waals surface area contributed by atoms with Gasteiger partial charge in [0, 0.05) is 14.8 Å². The first-order valence-corrected chi connectivity index (χ1v) is 10.1. The van der Waals surface area contributed by atoms with Crippen molar-refractivity contribution in [3.8, 4) is 0 Å². The van der Waals surface area contributed by atoms with E-state index in [0.717, 1.165) is 14.9 Å². The van der Waals surface area contributed by atoms with Gasteiger partial charge in [0.1, 0.15) is 22.6 Å². The molecule has 3 rings (SSSR count). The molecule has 3 aromatic rings. The molecule has 1 aromatic heterocycles. The number of carbonyl (C=O) groups excluding carboxylic acids is 2. The molecule has 1 amide bonds. The summed E-state index contributed by atoms with van der Waals surface area (Å²) < 4.78 is 14.3. The Morgan fingerprint density at radius 3 is 2.32 bits per heavy atom. The number of amides is 1. The number of halogens is 2. The second-order valence-corrected chi connectivity index (χ2v) is 8.19. The maximum Gasteiger partial charge on any atom is 0.240 e. The minimum Gasteiger partial charge on any atom is -0.382 e. The number of benzene rings is 2. The molecular formula is C19H16FIN4O2S. The molecule has 0 radical (unpaired) electrons. The van der Waals surface area contributed by atoms with Crippen LogP contribution in [0.3, 0.4) is 0 Å². The van der Waals surface area contributed by atoms with Crippen molar-refractivity contribution < 1.29 is 14.0 Å². The van der Waals surface area contributed by atoms with Crippen LogP contribution in [0.2, 0.25) is 0 Å². The zero-order valence-corrected chi connectivity index (χ0v) is 17.7. The van der Waals surface area contributed by atoms with E-state index in [1.807, 2.05) is 12.1 Å². The number of primary amides is 1. The molecule has 0 saturated carbocycles. The summed E-state index contributed by atoms with van der Waals surface area (Å²) in [4.78, 5) is 30.7. The molecule has 4 N–H and O–H groups in total. The van der Waals surface area contributed by atoms with E-state index < -0.39 is 17.8 Å². The summed E-state index contributed by atoms with van der Waals surface area (Å²) in [5.74, 6) is -1.21. The van der Waals surface area contributed by atoms with Crippen LogP contribution in [0.5, 0.6) is 0 Å². The van der Waals surface area contributed by atoms with Crippen molar-refractivity contribution >= 4 is 62.3 Å². The molecule has 0 saturated heterocycles. The van der Waals surface area contributed by atoms with E-state index in [1.54, 1.807) is 19.1 Å². The summed E-state index contributed by atoms with van der Waals surface area (Å²) >= 11 is 3.21. The number of ketones is 1. The number of nitrogens with zero attached hydrogens (tertiary/aromatic N) is 2. The molecular weight excluding hydrogens is 494 g/mol. The monoisotopic (exact) mass is 510 g/mol. The Kier molecular flexibility index (Phi) is 5.94. The Labute approximate surface area is 178 Å². The van der Waals surface area contributed by atoms with Crippen molar-refractivity contribution in [2.24, 2.45) is 5.73 Å². The van der Waals surface area contributed by atoms with E-state index in [0.29, 0.717) is 16.4 Å². The van der Waals surface area contributed by atoms with E-state index in [2.05, 4.69) is 27.6 Å².